The summed E-state index contributed by atoms with van der Waals surface area (Å²) in [4.78, 5) is 0. The molecule has 2 aromatic carbocycles. The summed E-state index contributed by atoms with van der Waals surface area (Å²) in [5.41, 5.74) is 4.49. The summed E-state index contributed by atoms with van der Waals surface area (Å²) in [6.07, 6.45) is 0. The van der Waals surface area contributed by atoms with E-state index in [-0.39, 0.29) is 5.82 Å². The van der Waals surface area contributed by atoms with Gasteiger partial charge in [-0.25, -0.2) is 4.39 Å². The summed E-state index contributed by atoms with van der Waals surface area (Å²) in [6, 6.07) is 10.7. The van der Waals surface area contributed by atoms with Crippen LogP contribution < -0.4 is 10.1 Å². The number of rotatable bonds is 6. The van der Waals surface area contributed by atoms with E-state index in [0.717, 1.165) is 35.5 Å². The maximum atomic E-state index is 12.9. The van der Waals surface area contributed by atoms with E-state index in [2.05, 4.69) is 38.2 Å². The van der Waals surface area contributed by atoms with Crippen LogP contribution in [0.3, 0.4) is 0 Å². The molecule has 0 radical (unpaired) electrons. The van der Waals surface area contributed by atoms with Gasteiger partial charge in [-0.2, -0.15) is 0 Å². The van der Waals surface area contributed by atoms with Crippen molar-refractivity contribution in [2.75, 3.05) is 6.54 Å². The molecule has 21 heavy (non-hydrogen) atoms. The van der Waals surface area contributed by atoms with Crippen LogP contribution in [-0.4, -0.2) is 6.54 Å². The molecule has 0 aliphatic heterocycles. The molecule has 3 heteroatoms. The van der Waals surface area contributed by atoms with Crippen molar-refractivity contribution in [1.29, 1.82) is 0 Å². The number of halogens is 1. The van der Waals surface area contributed by atoms with Gasteiger partial charge in [0.15, 0.2) is 0 Å². The zero-order valence-electron chi connectivity index (χ0n) is 12.9. The molecule has 0 bridgehead atoms. The van der Waals surface area contributed by atoms with E-state index in [9.17, 15) is 4.39 Å². The maximum absolute atomic E-state index is 12.9. The van der Waals surface area contributed by atoms with Gasteiger partial charge in [0.25, 0.3) is 0 Å². The summed E-state index contributed by atoms with van der Waals surface area (Å²) in [7, 11) is 0. The van der Waals surface area contributed by atoms with Crippen molar-refractivity contribution in [2.24, 2.45) is 0 Å². The van der Waals surface area contributed by atoms with Crippen molar-refractivity contribution in [1.82, 2.24) is 5.32 Å². The van der Waals surface area contributed by atoms with Crippen LogP contribution in [0.5, 0.6) is 5.75 Å². The smallest absolute Gasteiger partial charge is 0.125 e. The normalized spacial score (nSPS) is 10.7. The molecule has 112 valence electrons. The standard InChI is InChI=1S/C18H22FNO/c1-4-20-11-16-9-13(2)18(14(3)10-16)21-12-15-5-7-17(19)8-6-15/h5-10,20H,4,11-12H2,1-3H3. The van der Waals surface area contributed by atoms with Crippen molar-refractivity contribution < 1.29 is 9.13 Å². The van der Waals surface area contributed by atoms with E-state index >= 15 is 0 Å². The van der Waals surface area contributed by atoms with Gasteiger partial charge in [-0.05, 0) is 54.8 Å². The van der Waals surface area contributed by atoms with Crippen LogP contribution in [0, 0.1) is 19.7 Å². The Kier molecular flexibility index (Phi) is 5.34. The Labute approximate surface area is 126 Å². The molecule has 0 aliphatic rings. The lowest BCUT2D eigenvalue weighted by Crippen LogP contribution is -2.12. The van der Waals surface area contributed by atoms with E-state index in [1.54, 1.807) is 12.1 Å². The van der Waals surface area contributed by atoms with Crippen molar-refractivity contribution in [3.8, 4) is 5.75 Å². The summed E-state index contributed by atoms with van der Waals surface area (Å²) >= 11 is 0. The monoisotopic (exact) mass is 287 g/mol. The minimum absolute atomic E-state index is 0.223. The molecular weight excluding hydrogens is 265 g/mol. The Balaban J connectivity index is 2.07. The van der Waals surface area contributed by atoms with Crippen molar-refractivity contribution in [3.05, 3.63) is 64.5 Å². The van der Waals surface area contributed by atoms with E-state index in [1.165, 1.54) is 17.7 Å². The average Bonchev–Trinajstić information content (AvgIpc) is 2.46. The third-order valence-electron chi connectivity index (χ3n) is 3.40. The van der Waals surface area contributed by atoms with Crippen LogP contribution in [0.15, 0.2) is 36.4 Å². The van der Waals surface area contributed by atoms with Gasteiger partial charge in [0.05, 0.1) is 0 Å². The maximum Gasteiger partial charge on any atom is 0.125 e. The second-order valence-corrected chi connectivity index (χ2v) is 5.25. The minimum Gasteiger partial charge on any atom is -0.488 e. The summed E-state index contributed by atoms with van der Waals surface area (Å²) < 4.78 is 18.8. The highest BCUT2D eigenvalue weighted by molar-refractivity contribution is 5.43. The first-order chi connectivity index (χ1) is 10.1. The van der Waals surface area contributed by atoms with Gasteiger partial charge in [0, 0.05) is 6.54 Å². The highest BCUT2D eigenvalue weighted by Crippen LogP contribution is 2.25. The van der Waals surface area contributed by atoms with E-state index in [1.807, 2.05) is 0 Å². The number of nitrogens with one attached hydrogen (secondary N) is 1. The first-order valence-corrected chi connectivity index (χ1v) is 7.28. The lowest BCUT2D eigenvalue weighted by atomic mass is 10.1. The van der Waals surface area contributed by atoms with E-state index in [4.69, 9.17) is 4.74 Å². The van der Waals surface area contributed by atoms with Gasteiger partial charge in [-0.1, -0.05) is 31.2 Å². The molecule has 0 spiro atoms. The van der Waals surface area contributed by atoms with Gasteiger partial charge in [0.2, 0.25) is 0 Å². The third-order valence-corrected chi connectivity index (χ3v) is 3.40. The van der Waals surface area contributed by atoms with Crippen molar-refractivity contribution in [2.45, 2.75) is 33.9 Å². The summed E-state index contributed by atoms with van der Waals surface area (Å²) in [5.74, 6) is 0.693. The Hall–Kier alpha value is -1.87. The molecule has 1 N–H and O–H groups in total. The molecule has 2 nitrogen and oxygen atoms in total. The second-order valence-electron chi connectivity index (χ2n) is 5.25. The van der Waals surface area contributed by atoms with Crippen LogP contribution in [0.2, 0.25) is 0 Å². The molecule has 0 atom stereocenters. The lowest BCUT2D eigenvalue weighted by molar-refractivity contribution is 0.301. The van der Waals surface area contributed by atoms with Gasteiger partial charge in [-0.15, -0.1) is 0 Å². The molecule has 0 unspecified atom stereocenters. The Morgan fingerprint density at radius 3 is 2.19 bits per heavy atom. The van der Waals surface area contributed by atoms with Gasteiger partial charge >= 0.3 is 0 Å². The Bertz CT molecular complexity index is 570. The van der Waals surface area contributed by atoms with Crippen LogP contribution in [0.1, 0.15) is 29.2 Å². The number of aryl methyl sites for hydroxylation is 2. The highest BCUT2D eigenvalue weighted by Gasteiger charge is 2.07. The first kappa shape index (κ1) is 15.5. The third kappa shape index (κ3) is 4.30. The molecule has 0 saturated carbocycles. The fraction of sp³-hybridized carbons (Fsp3) is 0.333. The number of hydrogen-bond acceptors (Lipinski definition) is 2. The van der Waals surface area contributed by atoms with Gasteiger partial charge in [0.1, 0.15) is 18.2 Å². The fourth-order valence-corrected chi connectivity index (χ4v) is 2.38. The van der Waals surface area contributed by atoms with Crippen LogP contribution in [0.25, 0.3) is 0 Å². The lowest BCUT2D eigenvalue weighted by Gasteiger charge is -2.14. The SMILES string of the molecule is CCNCc1cc(C)c(OCc2ccc(F)cc2)c(C)c1. The predicted molar refractivity (Wildman–Crippen MR) is 84.0 cm³/mol. The van der Waals surface area contributed by atoms with Crippen molar-refractivity contribution in [3.63, 3.8) is 0 Å². The zero-order chi connectivity index (χ0) is 15.2. The molecule has 0 aromatic heterocycles. The second kappa shape index (κ2) is 7.23. The quantitative estimate of drug-likeness (QED) is 0.862. The predicted octanol–water partition coefficient (Wildman–Crippen LogP) is 4.13. The number of benzene rings is 2. The summed E-state index contributed by atoms with van der Waals surface area (Å²) in [5, 5.41) is 3.33. The fourth-order valence-electron chi connectivity index (χ4n) is 2.38. The first-order valence-electron chi connectivity index (χ1n) is 7.28. The molecule has 0 heterocycles. The van der Waals surface area contributed by atoms with E-state index < -0.39 is 0 Å². The molecule has 0 amide bonds. The van der Waals surface area contributed by atoms with Crippen LogP contribution >= 0.6 is 0 Å². The molecule has 0 aliphatic carbocycles. The number of ether oxygens (including phenoxy) is 1. The number of hydrogen-bond donors (Lipinski definition) is 1. The Morgan fingerprint density at radius 2 is 1.62 bits per heavy atom. The van der Waals surface area contributed by atoms with Crippen LogP contribution in [0.4, 0.5) is 4.39 Å². The van der Waals surface area contributed by atoms with Gasteiger partial charge < -0.3 is 10.1 Å². The molecule has 0 saturated heterocycles. The molecule has 2 aromatic rings. The van der Waals surface area contributed by atoms with E-state index in [0.29, 0.717) is 6.61 Å². The van der Waals surface area contributed by atoms with Crippen molar-refractivity contribution >= 4 is 0 Å². The highest BCUT2D eigenvalue weighted by atomic mass is 19.1. The van der Waals surface area contributed by atoms with Crippen LogP contribution in [-0.2, 0) is 13.2 Å². The topological polar surface area (TPSA) is 21.3 Å². The molecular formula is C18H22FNO. The minimum atomic E-state index is -0.223. The Morgan fingerprint density at radius 1 is 1.00 bits per heavy atom. The van der Waals surface area contributed by atoms with Gasteiger partial charge in [-0.3, -0.25) is 0 Å². The molecule has 2 rings (SSSR count). The largest absolute Gasteiger partial charge is 0.488 e. The zero-order valence-corrected chi connectivity index (χ0v) is 12.9. The average molecular weight is 287 g/mol. The summed E-state index contributed by atoms with van der Waals surface area (Å²) in [6.45, 7) is 8.50. The molecule has 0 fully saturated rings.